The zero-order chi connectivity index (χ0) is 15.6. The number of hydrogen-bond acceptors (Lipinski definition) is 3. The van der Waals surface area contributed by atoms with Gasteiger partial charge in [0.05, 0.1) is 18.8 Å². The lowest BCUT2D eigenvalue weighted by Crippen LogP contribution is -2.31. The largest absolute Gasteiger partial charge is 0.497 e. The Morgan fingerprint density at radius 1 is 1.33 bits per heavy atom. The Morgan fingerprint density at radius 2 is 2.05 bits per heavy atom. The van der Waals surface area contributed by atoms with Gasteiger partial charge in [-0.3, -0.25) is 4.68 Å². The number of aryl methyl sites for hydroxylation is 1. The summed E-state index contributed by atoms with van der Waals surface area (Å²) in [6.07, 6.45) is 0.988. The molecule has 2 unspecified atom stereocenters. The van der Waals surface area contributed by atoms with Crippen LogP contribution in [0.2, 0.25) is 0 Å². The van der Waals surface area contributed by atoms with Gasteiger partial charge in [-0.25, -0.2) is 0 Å². The fourth-order valence-corrected chi connectivity index (χ4v) is 2.97. The number of aromatic nitrogens is 2. The van der Waals surface area contributed by atoms with Gasteiger partial charge in [-0.2, -0.15) is 5.10 Å². The molecule has 114 valence electrons. The Morgan fingerprint density at radius 3 is 2.57 bits per heavy atom. The number of nitrogens with two attached hydrogens (primary N) is 1. The molecule has 4 heteroatoms. The highest BCUT2D eigenvalue weighted by atomic mass is 16.5. The second-order valence-corrected chi connectivity index (χ2v) is 5.53. The summed E-state index contributed by atoms with van der Waals surface area (Å²) in [7, 11) is 1.68. The van der Waals surface area contributed by atoms with E-state index in [1.807, 2.05) is 25.1 Å². The van der Waals surface area contributed by atoms with Gasteiger partial charge in [-0.05, 0) is 50.5 Å². The monoisotopic (exact) mass is 287 g/mol. The van der Waals surface area contributed by atoms with Gasteiger partial charge in [0.1, 0.15) is 5.75 Å². The normalized spacial score (nSPS) is 14.0. The van der Waals surface area contributed by atoms with Gasteiger partial charge in [0, 0.05) is 11.7 Å². The number of benzene rings is 1. The molecule has 1 heterocycles. The Hall–Kier alpha value is -1.81. The van der Waals surface area contributed by atoms with E-state index in [0.717, 1.165) is 23.4 Å². The van der Waals surface area contributed by atoms with E-state index >= 15 is 0 Å². The van der Waals surface area contributed by atoms with Crippen LogP contribution in [-0.4, -0.2) is 22.9 Å². The maximum absolute atomic E-state index is 6.26. The summed E-state index contributed by atoms with van der Waals surface area (Å²) in [5, 5.41) is 4.73. The van der Waals surface area contributed by atoms with Crippen molar-refractivity contribution in [1.29, 1.82) is 0 Å². The Kier molecular flexibility index (Phi) is 4.68. The van der Waals surface area contributed by atoms with Crippen molar-refractivity contribution in [3.05, 3.63) is 46.8 Å². The molecule has 0 aliphatic carbocycles. The predicted octanol–water partition coefficient (Wildman–Crippen LogP) is 3.01. The molecule has 0 radical (unpaired) electrons. The van der Waals surface area contributed by atoms with Crippen LogP contribution in [0.4, 0.5) is 0 Å². The molecule has 0 fully saturated rings. The molecule has 2 rings (SSSR count). The van der Waals surface area contributed by atoms with E-state index in [0.29, 0.717) is 0 Å². The first-order valence-corrected chi connectivity index (χ1v) is 7.43. The van der Waals surface area contributed by atoms with Gasteiger partial charge in [0.15, 0.2) is 0 Å². The van der Waals surface area contributed by atoms with Crippen LogP contribution >= 0.6 is 0 Å². The highest BCUT2D eigenvalue weighted by molar-refractivity contribution is 5.33. The second-order valence-electron chi connectivity index (χ2n) is 5.53. The second kappa shape index (κ2) is 6.31. The molecule has 0 spiro atoms. The van der Waals surface area contributed by atoms with E-state index in [2.05, 4.69) is 31.5 Å². The van der Waals surface area contributed by atoms with E-state index in [1.165, 1.54) is 11.3 Å². The van der Waals surface area contributed by atoms with Crippen LogP contribution in [0, 0.1) is 13.8 Å². The van der Waals surface area contributed by atoms with Crippen LogP contribution in [0.1, 0.15) is 42.4 Å². The minimum Gasteiger partial charge on any atom is -0.497 e. The Labute approximate surface area is 126 Å². The van der Waals surface area contributed by atoms with Crippen molar-refractivity contribution in [2.75, 3.05) is 7.11 Å². The fraction of sp³-hybridized carbons (Fsp3) is 0.471. The molecule has 0 bridgehead atoms. The fourth-order valence-electron chi connectivity index (χ4n) is 2.97. The third kappa shape index (κ3) is 2.95. The number of hydrogen-bond donors (Lipinski definition) is 1. The number of methoxy groups -OCH3 is 1. The number of ether oxygens (including phenoxy) is 1. The summed E-state index contributed by atoms with van der Waals surface area (Å²) in [5.41, 5.74) is 11.0. The lowest BCUT2D eigenvalue weighted by atomic mass is 10.0. The van der Waals surface area contributed by atoms with E-state index < -0.39 is 0 Å². The molecule has 0 saturated carbocycles. The molecule has 2 N–H and O–H groups in total. The Balaban J connectivity index is 2.53. The SMILES string of the molecule is CCc1c(C)nn(C(c2cccc(OC)c2)C(C)N)c1C. The van der Waals surface area contributed by atoms with Crippen molar-refractivity contribution in [1.82, 2.24) is 9.78 Å². The molecule has 1 aromatic carbocycles. The van der Waals surface area contributed by atoms with Crippen molar-refractivity contribution in [3.8, 4) is 5.75 Å². The standard InChI is InChI=1S/C17H25N3O/c1-6-16-12(3)19-20(13(16)4)17(11(2)18)14-8-7-9-15(10-14)21-5/h7-11,17H,6,18H2,1-5H3. The quantitative estimate of drug-likeness (QED) is 0.919. The molecule has 4 nitrogen and oxygen atoms in total. The summed E-state index contributed by atoms with van der Waals surface area (Å²) >= 11 is 0. The molecule has 0 aliphatic heterocycles. The molecule has 2 atom stereocenters. The number of nitrogens with zero attached hydrogens (tertiary/aromatic N) is 2. The molecular weight excluding hydrogens is 262 g/mol. The van der Waals surface area contributed by atoms with Crippen LogP contribution in [0.15, 0.2) is 24.3 Å². The minimum absolute atomic E-state index is 0.0131. The smallest absolute Gasteiger partial charge is 0.119 e. The summed E-state index contributed by atoms with van der Waals surface area (Å²) in [5.74, 6) is 0.843. The maximum Gasteiger partial charge on any atom is 0.119 e. The van der Waals surface area contributed by atoms with Crippen LogP contribution in [0.3, 0.4) is 0 Å². The van der Waals surface area contributed by atoms with Crippen molar-refractivity contribution < 1.29 is 4.74 Å². The van der Waals surface area contributed by atoms with Gasteiger partial charge in [-0.15, -0.1) is 0 Å². The number of rotatable bonds is 5. The zero-order valence-electron chi connectivity index (χ0n) is 13.6. The van der Waals surface area contributed by atoms with E-state index in [4.69, 9.17) is 15.6 Å². The summed E-state index contributed by atoms with van der Waals surface area (Å²) in [4.78, 5) is 0. The first-order valence-electron chi connectivity index (χ1n) is 7.43. The summed E-state index contributed by atoms with van der Waals surface area (Å²) in [6.45, 7) is 8.36. The summed E-state index contributed by atoms with van der Waals surface area (Å²) in [6, 6.07) is 8.03. The lowest BCUT2D eigenvalue weighted by molar-refractivity contribution is 0.408. The zero-order valence-corrected chi connectivity index (χ0v) is 13.6. The highest BCUT2D eigenvalue weighted by Crippen LogP contribution is 2.27. The average Bonchev–Trinajstić information content (AvgIpc) is 2.73. The van der Waals surface area contributed by atoms with Crippen molar-refractivity contribution in [2.45, 2.75) is 46.2 Å². The summed E-state index contributed by atoms with van der Waals surface area (Å²) < 4.78 is 7.39. The van der Waals surface area contributed by atoms with E-state index in [-0.39, 0.29) is 12.1 Å². The molecule has 1 aromatic heterocycles. The first-order chi connectivity index (χ1) is 9.99. The van der Waals surface area contributed by atoms with Crippen LogP contribution in [0.25, 0.3) is 0 Å². The highest BCUT2D eigenvalue weighted by Gasteiger charge is 2.23. The molecular formula is C17H25N3O. The van der Waals surface area contributed by atoms with Gasteiger partial charge in [-0.1, -0.05) is 19.1 Å². The Bertz CT molecular complexity index is 616. The van der Waals surface area contributed by atoms with Crippen LogP contribution in [0.5, 0.6) is 5.75 Å². The van der Waals surface area contributed by atoms with Gasteiger partial charge >= 0.3 is 0 Å². The predicted molar refractivity (Wildman–Crippen MR) is 85.9 cm³/mol. The molecule has 0 amide bonds. The van der Waals surface area contributed by atoms with Crippen molar-refractivity contribution in [3.63, 3.8) is 0 Å². The third-order valence-corrected chi connectivity index (χ3v) is 4.03. The van der Waals surface area contributed by atoms with Gasteiger partial charge in [0.2, 0.25) is 0 Å². The van der Waals surface area contributed by atoms with Gasteiger partial charge in [0.25, 0.3) is 0 Å². The third-order valence-electron chi connectivity index (χ3n) is 4.03. The molecule has 21 heavy (non-hydrogen) atoms. The van der Waals surface area contributed by atoms with Crippen molar-refractivity contribution in [2.24, 2.45) is 5.73 Å². The molecule has 2 aromatic rings. The van der Waals surface area contributed by atoms with E-state index in [1.54, 1.807) is 7.11 Å². The van der Waals surface area contributed by atoms with Crippen LogP contribution < -0.4 is 10.5 Å². The van der Waals surface area contributed by atoms with E-state index in [9.17, 15) is 0 Å². The minimum atomic E-state index is -0.0418. The topological polar surface area (TPSA) is 53.1 Å². The van der Waals surface area contributed by atoms with Crippen molar-refractivity contribution >= 4 is 0 Å². The maximum atomic E-state index is 6.26. The van der Waals surface area contributed by atoms with Gasteiger partial charge < -0.3 is 10.5 Å². The average molecular weight is 287 g/mol. The molecule has 0 aliphatic rings. The molecule has 0 saturated heterocycles. The van der Waals surface area contributed by atoms with Crippen LogP contribution in [-0.2, 0) is 6.42 Å². The first kappa shape index (κ1) is 15.6. The lowest BCUT2D eigenvalue weighted by Gasteiger charge is -2.24.